The van der Waals surface area contributed by atoms with Crippen molar-refractivity contribution in [1.82, 2.24) is 10.2 Å². The molecule has 0 spiro atoms. The number of primary amides is 1. The highest BCUT2D eigenvalue weighted by Gasteiger charge is 2.17. The minimum Gasteiger partial charge on any atom is -0.481 e. The number of nitrogens with two attached hydrogens (primary N) is 1. The maximum Gasteiger partial charge on any atom is 0.305 e. The van der Waals surface area contributed by atoms with Crippen LogP contribution in [0.15, 0.2) is 0 Å². The molecule has 0 aliphatic rings. The van der Waals surface area contributed by atoms with Gasteiger partial charge in [-0.2, -0.15) is 0 Å². The highest BCUT2D eigenvalue weighted by molar-refractivity contribution is 5.82. The van der Waals surface area contributed by atoms with Crippen LogP contribution in [0.5, 0.6) is 0 Å². The maximum absolute atomic E-state index is 11.5. The topological polar surface area (TPSA) is 113 Å². The average molecular weight is 294 g/mol. The lowest BCUT2D eigenvalue weighted by molar-refractivity contribution is -0.137. The number of carboxylic acids is 1. The first kappa shape index (κ1) is 23.5. The second-order valence-electron chi connectivity index (χ2n) is 3.93. The van der Waals surface area contributed by atoms with Crippen LogP contribution in [0.4, 0.5) is 0 Å². The molecule has 0 heterocycles. The monoisotopic (exact) mass is 294 g/mol. The molecule has 0 fully saturated rings. The van der Waals surface area contributed by atoms with Gasteiger partial charge in [0, 0.05) is 13.5 Å². The van der Waals surface area contributed by atoms with Crippen LogP contribution in [0.1, 0.15) is 40.5 Å². The Balaban J connectivity index is -0.000000410. The van der Waals surface area contributed by atoms with Crippen LogP contribution in [0.25, 0.3) is 0 Å². The maximum atomic E-state index is 11.5. The highest BCUT2D eigenvalue weighted by Crippen LogP contribution is 1.98. The van der Waals surface area contributed by atoms with E-state index in [4.69, 9.17) is 5.11 Å². The van der Waals surface area contributed by atoms with E-state index in [2.05, 4.69) is 11.1 Å². The van der Waals surface area contributed by atoms with Crippen molar-refractivity contribution in [3.63, 3.8) is 0 Å². The molecular weight excluding hydrogens is 265 g/mol. The number of rotatable bonds is 6. The van der Waals surface area contributed by atoms with E-state index in [1.807, 2.05) is 39.8 Å². The number of likely N-dealkylation sites (N-methyl/N-ethyl adjacent to an activating group) is 1. The summed E-state index contributed by atoms with van der Waals surface area (Å²) in [4.78, 5) is 32.7. The van der Waals surface area contributed by atoms with E-state index in [0.717, 1.165) is 0 Å². The number of hydrogen-bond acceptors (Lipinski definition) is 4. The van der Waals surface area contributed by atoms with Gasteiger partial charge in [-0.15, -0.1) is 0 Å². The van der Waals surface area contributed by atoms with Gasteiger partial charge in [0.25, 0.3) is 0 Å². The number of carboxylic acid groups (broad SMARTS) is 1. The van der Waals surface area contributed by atoms with Crippen molar-refractivity contribution in [2.75, 3.05) is 20.6 Å². The Morgan fingerprint density at radius 3 is 1.90 bits per heavy atom. The van der Waals surface area contributed by atoms with Gasteiger partial charge in [0.2, 0.25) is 11.8 Å². The Morgan fingerprint density at radius 1 is 1.25 bits per heavy atom. The van der Waals surface area contributed by atoms with Gasteiger partial charge < -0.3 is 16.2 Å². The van der Waals surface area contributed by atoms with Gasteiger partial charge in [-0.1, -0.05) is 20.8 Å². The van der Waals surface area contributed by atoms with Gasteiger partial charge in [0.1, 0.15) is 0 Å². The molecule has 4 N–H and O–H groups in total. The number of aliphatic carboxylic acids is 1. The van der Waals surface area contributed by atoms with Gasteiger partial charge in [-0.05, 0) is 20.5 Å². The van der Waals surface area contributed by atoms with E-state index in [1.54, 1.807) is 0 Å². The zero-order chi connectivity index (χ0) is 16.7. The van der Waals surface area contributed by atoms with Gasteiger partial charge in [0.15, 0.2) is 0 Å². The summed E-state index contributed by atoms with van der Waals surface area (Å²) in [6.07, 6.45) is 0.682. The van der Waals surface area contributed by atoms with Crippen LogP contribution in [0, 0.1) is 0 Å². The predicted octanol–water partition coefficient (Wildman–Crippen LogP) is 0.435. The molecule has 0 saturated heterocycles. The van der Waals surface area contributed by atoms with Crippen molar-refractivity contribution in [3.8, 4) is 0 Å². The first-order chi connectivity index (χ1) is 9.22. The lowest BCUT2D eigenvalue weighted by Gasteiger charge is -2.21. The summed E-state index contributed by atoms with van der Waals surface area (Å²) in [6.45, 7) is 7.42. The minimum absolute atomic E-state index is 0.0321. The molecule has 2 amide bonds. The third-order valence-electron chi connectivity index (χ3n) is 1.95. The third-order valence-corrected chi connectivity index (χ3v) is 1.95. The van der Waals surface area contributed by atoms with Crippen LogP contribution in [-0.4, -0.2) is 54.5 Å². The van der Waals surface area contributed by atoms with Gasteiger partial charge in [-0.25, -0.2) is 0 Å². The molecule has 0 aromatic carbocycles. The third kappa shape index (κ3) is 18.7. The van der Waals surface area contributed by atoms with Crippen molar-refractivity contribution in [2.45, 2.75) is 46.6 Å². The molecule has 0 saturated carbocycles. The Hall–Kier alpha value is -1.63. The molecule has 0 rings (SSSR count). The summed E-state index contributed by atoms with van der Waals surface area (Å²) in [7, 11) is 3.65. The van der Waals surface area contributed by atoms with Crippen molar-refractivity contribution in [1.29, 1.82) is 0 Å². The quantitative estimate of drug-likeness (QED) is 0.615. The molecule has 0 radical (unpaired) electrons. The SMILES string of the molecule is CC(N)=O.CN(C)C(C[13CH3])C(=O)NCCC(=O)O.[13CH3][13CH3]. The first-order valence-corrected chi connectivity index (χ1v) is 6.64. The molecule has 0 aromatic heterocycles. The summed E-state index contributed by atoms with van der Waals surface area (Å²) in [5.41, 5.74) is 4.47. The molecule has 7 heteroatoms. The highest BCUT2D eigenvalue weighted by atomic mass is 16.4. The average Bonchev–Trinajstić information content (AvgIpc) is 2.30. The van der Waals surface area contributed by atoms with Gasteiger partial charge in [0.05, 0.1) is 12.5 Å². The summed E-state index contributed by atoms with van der Waals surface area (Å²) >= 11 is 0. The molecule has 120 valence electrons. The fourth-order valence-electron chi connectivity index (χ4n) is 1.20. The van der Waals surface area contributed by atoms with Gasteiger partial charge in [-0.3, -0.25) is 19.3 Å². The van der Waals surface area contributed by atoms with E-state index >= 15 is 0 Å². The second kappa shape index (κ2) is 15.4. The van der Waals surface area contributed by atoms with Crippen molar-refractivity contribution in [3.05, 3.63) is 0 Å². The van der Waals surface area contributed by atoms with E-state index < -0.39 is 5.97 Å². The number of amides is 2. The van der Waals surface area contributed by atoms with Gasteiger partial charge >= 0.3 is 5.97 Å². The van der Waals surface area contributed by atoms with Crippen molar-refractivity contribution in [2.24, 2.45) is 5.73 Å². The van der Waals surface area contributed by atoms with Crippen LogP contribution in [-0.2, 0) is 14.4 Å². The van der Waals surface area contributed by atoms with Crippen molar-refractivity contribution >= 4 is 17.8 Å². The summed E-state index contributed by atoms with van der Waals surface area (Å²) in [6, 6.07) is -0.177. The van der Waals surface area contributed by atoms with Crippen LogP contribution >= 0.6 is 0 Å². The fourth-order valence-corrected chi connectivity index (χ4v) is 1.20. The number of hydrogen-bond donors (Lipinski definition) is 3. The summed E-state index contributed by atoms with van der Waals surface area (Å²) < 4.78 is 0. The Morgan fingerprint density at radius 2 is 1.65 bits per heavy atom. The molecule has 1 atom stereocenters. The van der Waals surface area contributed by atoms with E-state index in [0.29, 0.717) is 6.42 Å². The smallest absolute Gasteiger partial charge is 0.305 e. The Bertz CT molecular complexity index is 277. The standard InChI is InChI=1S/C9H18N2O3.C2H5NO.C2H6/c1-4-7(11(2)3)9(14)10-6-5-8(12)13;1-2(3)4;1-2/h7H,4-6H2,1-3H3,(H,10,14)(H,12,13);1H3,(H2,3,4);1-2H3/i1+1;;1+1,2+1. The predicted molar refractivity (Wildman–Crippen MR) is 79.2 cm³/mol. The summed E-state index contributed by atoms with van der Waals surface area (Å²) in [5, 5.41) is 11.0. The normalized spacial score (nSPS) is 10.3. The van der Waals surface area contributed by atoms with Crippen LogP contribution in [0.3, 0.4) is 0 Å². The molecule has 0 aliphatic heterocycles. The fraction of sp³-hybridized carbons (Fsp3) is 0.769. The Labute approximate surface area is 121 Å². The molecule has 20 heavy (non-hydrogen) atoms. The number of carbonyl (C=O) groups excluding carboxylic acids is 2. The number of carbonyl (C=O) groups is 3. The number of nitrogens with zero attached hydrogens (tertiary/aromatic N) is 1. The zero-order valence-corrected chi connectivity index (χ0v) is 13.4. The molecule has 0 aliphatic carbocycles. The largest absolute Gasteiger partial charge is 0.481 e. The molecule has 7 nitrogen and oxygen atoms in total. The summed E-state index contributed by atoms with van der Waals surface area (Å²) in [5.74, 6) is -1.35. The molecule has 0 aromatic rings. The van der Waals surface area contributed by atoms with Crippen molar-refractivity contribution < 1.29 is 19.5 Å². The molecule has 0 bridgehead atoms. The van der Waals surface area contributed by atoms with Crippen LogP contribution < -0.4 is 11.1 Å². The zero-order valence-electron chi connectivity index (χ0n) is 13.4. The lowest BCUT2D eigenvalue weighted by atomic mass is 10.2. The Kier molecular flexibility index (Phi) is 18.1. The first-order valence-electron chi connectivity index (χ1n) is 6.64. The van der Waals surface area contributed by atoms with E-state index in [-0.39, 0.29) is 30.8 Å². The van der Waals surface area contributed by atoms with E-state index in [9.17, 15) is 14.4 Å². The molecule has 1 unspecified atom stereocenters. The second-order valence-corrected chi connectivity index (χ2v) is 3.93. The van der Waals surface area contributed by atoms with E-state index in [1.165, 1.54) is 6.92 Å². The molecular formula is C13H29N3O4. The lowest BCUT2D eigenvalue weighted by Crippen LogP contribution is -2.43. The van der Waals surface area contributed by atoms with Crippen LogP contribution in [0.2, 0.25) is 0 Å². The number of nitrogens with one attached hydrogen (secondary N) is 1. The minimum atomic E-state index is -0.900.